The summed E-state index contributed by atoms with van der Waals surface area (Å²) in [4.78, 5) is 33.0. The summed E-state index contributed by atoms with van der Waals surface area (Å²) in [7, 11) is 2.04. The molecule has 0 saturated carbocycles. The summed E-state index contributed by atoms with van der Waals surface area (Å²) in [6.45, 7) is 3.66. The van der Waals surface area contributed by atoms with Crippen LogP contribution < -0.4 is 0 Å². The number of aliphatic hydroxyl groups is 1. The van der Waals surface area contributed by atoms with Crippen molar-refractivity contribution in [2.75, 3.05) is 33.3 Å². The number of β-amino-alcohol motifs (C(OH)–C–C–N with tert-alkyl or cyclic N) is 1. The van der Waals surface area contributed by atoms with Crippen molar-refractivity contribution in [3.8, 4) is 0 Å². The average Bonchev–Trinajstić information content (AvgIpc) is 2.93. The molecule has 28 heavy (non-hydrogen) atoms. The quantitative estimate of drug-likeness (QED) is 0.733. The second kappa shape index (κ2) is 9.24. The number of carbonyl (C=O) groups is 2. The first-order valence-electron chi connectivity index (χ1n) is 9.75. The summed E-state index contributed by atoms with van der Waals surface area (Å²) in [6, 6.07) is 0.331. The molecule has 154 valence electrons. The first-order chi connectivity index (χ1) is 13.5. The van der Waals surface area contributed by atoms with Crippen LogP contribution in [0.15, 0.2) is 9.62 Å². The van der Waals surface area contributed by atoms with E-state index in [9.17, 15) is 9.59 Å². The number of likely N-dealkylation sites (tertiary alicyclic amines) is 1. The lowest BCUT2D eigenvalue weighted by Crippen LogP contribution is -2.42. The van der Waals surface area contributed by atoms with Crippen LogP contribution in [0.1, 0.15) is 43.8 Å². The van der Waals surface area contributed by atoms with Crippen molar-refractivity contribution in [2.45, 2.75) is 51.6 Å². The minimum absolute atomic E-state index is 0.104. The van der Waals surface area contributed by atoms with Gasteiger partial charge >= 0.3 is 0 Å². The number of hydrogen-bond acceptors (Lipinski definition) is 8. The molecule has 0 aromatic carbocycles. The maximum Gasteiger partial charge on any atom is 0.270 e. The Hall–Kier alpha value is -2.33. The molecule has 0 aliphatic carbocycles. The molecule has 1 unspecified atom stereocenters. The van der Waals surface area contributed by atoms with Gasteiger partial charge in [-0.15, -0.1) is 0 Å². The van der Waals surface area contributed by atoms with Gasteiger partial charge in [0.2, 0.25) is 11.8 Å². The van der Waals surface area contributed by atoms with Crippen LogP contribution >= 0.6 is 0 Å². The van der Waals surface area contributed by atoms with Gasteiger partial charge in [0.15, 0.2) is 5.82 Å². The normalized spacial score (nSPS) is 21.1. The van der Waals surface area contributed by atoms with Crippen molar-refractivity contribution < 1.29 is 19.2 Å². The minimum Gasteiger partial charge on any atom is -0.394 e. The van der Waals surface area contributed by atoms with Gasteiger partial charge in [-0.1, -0.05) is 5.16 Å². The molecule has 1 saturated heterocycles. The van der Waals surface area contributed by atoms with E-state index in [0.29, 0.717) is 49.5 Å². The number of hydrazone groups is 1. The molecule has 3 heterocycles. The molecule has 1 fully saturated rings. The standard InChI is InChI=1S/C18H28N6O4/c1-13-19-16(21-28-13)12-22(2)14-4-3-8-23(9-7-14)18(27)15-5-6-17(26)24(20-15)10-11-25/h14,25H,3-12H2,1-2H3. The van der Waals surface area contributed by atoms with Gasteiger partial charge in [-0.3, -0.25) is 14.5 Å². The van der Waals surface area contributed by atoms with E-state index >= 15 is 0 Å². The first kappa shape index (κ1) is 20.4. The molecule has 1 atom stereocenters. The smallest absolute Gasteiger partial charge is 0.270 e. The van der Waals surface area contributed by atoms with Crippen molar-refractivity contribution in [3.63, 3.8) is 0 Å². The van der Waals surface area contributed by atoms with E-state index in [0.717, 1.165) is 19.3 Å². The lowest BCUT2D eigenvalue weighted by Gasteiger charge is -2.27. The van der Waals surface area contributed by atoms with Gasteiger partial charge in [-0.2, -0.15) is 10.1 Å². The van der Waals surface area contributed by atoms with Gasteiger partial charge in [-0.25, -0.2) is 5.01 Å². The van der Waals surface area contributed by atoms with Crippen LogP contribution in [-0.4, -0.2) is 86.9 Å². The third kappa shape index (κ3) is 4.93. The number of aryl methyl sites for hydroxylation is 1. The molecule has 2 aliphatic rings. The number of aromatic nitrogens is 2. The van der Waals surface area contributed by atoms with Crippen LogP contribution in [-0.2, 0) is 16.1 Å². The van der Waals surface area contributed by atoms with Crippen molar-refractivity contribution in [3.05, 3.63) is 11.7 Å². The Morgan fingerprint density at radius 2 is 2.14 bits per heavy atom. The molecule has 3 rings (SSSR count). The summed E-state index contributed by atoms with van der Waals surface area (Å²) in [5, 5.41) is 18.4. The first-order valence-corrected chi connectivity index (χ1v) is 9.75. The maximum atomic E-state index is 12.9. The summed E-state index contributed by atoms with van der Waals surface area (Å²) in [6.07, 6.45) is 3.35. The van der Waals surface area contributed by atoms with E-state index in [2.05, 4.69) is 20.1 Å². The summed E-state index contributed by atoms with van der Waals surface area (Å²) >= 11 is 0. The van der Waals surface area contributed by atoms with Gasteiger partial charge in [0.05, 0.1) is 19.7 Å². The molecule has 10 heteroatoms. The SMILES string of the molecule is Cc1nc(CN(C)C2CCCN(C(=O)C3=NN(CCO)C(=O)CC3)CC2)no1. The zero-order valence-electron chi connectivity index (χ0n) is 16.5. The van der Waals surface area contributed by atoms with Crippen LogP contribution in [0.25, 0.3) is 0 Å². The van der Waals surface area contributed by atoms with Gasteiger partial charge in [-0.05, 0) is 26.3 Å². The number of carbonyl (C=O) groups excluding carboxylic acids is 2. The predicted molar refractivity (Wildman–Crippen MR) is 100 cm³/mol. The molecule has 1 aromatic rings. The van der Waals surface area contributed by atoms with E-state index in [1.54, 1.807) is 6.92 Å². The average molecular weight is 392 g/mol. The highest BCUT2D eigenvalue weighted by Crippen LogP contribution is 2.19. The van der Waals surface area contributed by atoms with Crippen molar-refractivity contribution in [1.82, 2.24) is 24.9 Å². The molecule has 0 radical (unpaired) electrons. The zero-order chi connectivity index (χ0) is 20.1. The van der Waals surface area contributed by atoms with E-state index in [1.165, 1.54) is 5.01 Å². The van der Waals surface area contributed by atoms with Gasteiger partial charge < -0.3 is 14.5 Å². The minimum atomic E-state index is -0.172. The number of hydrogen-bond donors (Lipinski definition) is 1. The Bertz CT molecular complexity index is 733. The summed E-state index contributed by atoms with van der Waals surface area (Å²) in [5.74, 6) is 0.970. The molecule has 0 spiro atoms. The summed E-state index contributed by atoms with van der Waals surface area (Å²) < 4.78 is 5.03. The topological polar surface area (TPSA) is 115 Å². The fraction of sp³-hybridized carbons (Fsp3) is 0.722. The Morgan fingerprint density at radius 3 is 2.86 bits per heavy atom. The molecule has 0 bridgehead atoms. The summed E-state index contributed by atoms with van der Waals surface area (Å²) in [5.41, 5.74) is 0.405. The van der Waals surface area contributed by atoms with E-state index in [4.69, 9.17) is 9.63 Å². The fourth-order valence-electron chi connectivity index (χ4n) is 3.69. The molecule has 1 N–H and O–H groups in total. The number of nitrogens with zero attached hydrogens (tertiary/aromatic N) is 6. The van der Waals surface area contributed by atoms with Gasteiger partial charge in [0, 0.05) is 38.9 Å². The Morgan fingerprint density at radius 1 is 1.32 bits per heavy atom. The molecule has 1 aromatic heterocycles. The Kier molecular flexibility index (Phi) is 6.74. The second-order valence-electron chi connectivity index (χ2n) is 7.31. The number of rotatable bonds is 6. The molecule has 2 aliphatic heterocycles. The van der Waals surface area contributed by atoms with Crippen LogP contribution in [0.3, 0.4) is 0 Å². The number of amides is 2. The van der Waals surface area contributed by atoms with E-state index < -0.39 is 0 Å². The highest BCUT2D eigenvalue weighted by Gasteiger charge is 2.29. The Balaban J connectivity index is 1.57. The second-order valence-corrected chi connectivity index (χ2v) is 7.31. The zero-order valence-corrected chi connectivity index (χ0v) is 16.5. The van der Waals surface area contributed by atoms with Crippen LogP contribution in [0.5, 0.6) is 0 Å². The molecular formula is C18H28N6O4. The molecule has 2 amide bonds. The Labute approximate surface area is 164 Å². The van der Waals surface area contributed by atoms with Crippen LogP contribution in [0.2, 0.25) is 0 Å². The highest BCUT2D eigenvalue weighted by atomic mass is 16.5. The van der Waals surface area contributed by atoms with Crippen molar-refractivity contribution in [1.29, 1.82) is 0 Å². The highest BCUT2D eigenvalue weighted by molar-refractivity contribution is 6.39. The largest absolute Gasteiger partial charge is 0.394 e. The van der Waals surface area contributed by atoms with Crippen molar-refractivity contribution >= 4 is 17.5 Å². The van der Waals surface area contributed by atoms with Crippen molar-refractivity contribution in [2.24, 2.45) is 5.10 Å². The van der Waals surface area contributed by atoms with Crippen LogP contribution in [0, 0.1) is 6.92 Å². The van der Waals surface area contributed by atoms with E-state index in [1.807, 2.05) is 11.9 Å². The van der Waals surface area contributed by atoms with Gasteiger partial charge in [0.1, 0.15) is 5.71 Å². The lowest BCUT2D eigenvalue weighted by atomic mass is 10.1. The van der Waals surface area contributed by atoms with Crippen LogP contribution in [0.4, 0.5) is 0 Å². The fourth-order valence-corrected chi connectivity index (χ4v) is 3.69. The number of aliphatic hydroxyl groups excluding tert-OH is 1. The van der Waals surface area contributed by atoms with Gasteiger partial charge in [0.25, 0.3) is 5.91 Å². The third-order valence-electron chi connectivity index (χ3n) is 5.23. The third-order valence-corrected chi connectivity index (χ3v) is 5.23. The molecule has 10 nitrogen and oxygen atoms in total. The maximum absolute atomic E-state index is 12.9. The predicted octanol–water partition coefficient (Wildman–Crippen LogP) is 0.162. The lowest BCUT2D eigenvalue weighted by molar-refractivity contribution is -0.132. The monoisotopic (exact) mass is 392 g/mol. The molecular weight excluding hydrogens is 364 g/mol. The van der Waals surface area contributed by atoms with E-state index in [-0.39, 0.29) is 31.4 Å².